The van der Waals surface area contributed by atoms with E-state index in [9.17, 15) is 9.59 Å². The van der Waals surface area contributed by atoms with Crippen LogP contribution >= 0.6 is 23.7 Å². The molecule has 1 aromatic rings. The molecule has 2 N–H and O–H groups in total. The fourth-order valence-electron chi connectivity index (χ4n) is 4.01. The Labute approximate surface area is 166 Å². The van der Waals surface area contributed by atoms with E-state index >= 15 is 0 Å². The molecule has 1 saturated heterocycles. The molecule has 0 bridgehead atoms. The highest BCUT2D eigenvalue weighted by molar-refractivity contribution is 7.07. The van der Waals surface area contributed by atoms with Gasteiger partial charge < -0.3 is 15.5 Å². The van der Waals surface area contributed by atoms with Crippen LogP contribution in [-0.4, -0.2) is 42.4 Å². The predicted octanol–water partition coefficient (Wildman–Crippen LogP) is 2.95. The number of piperidine rings is 1. The van der Waals surface area contributed by atoms with Crippen molar-refractivity contribution < 1.29 is 9.59 Å². The minimum Gasteiger partial charge on any atom is -0.356 e. The third kappa shape index (κ3) is 5.21. The second-order valence-corrected chi connectivity index (χ2v) is 8.07. The zero-order chi connectivity index (χ0) is 17.7. The number of halogens is 1. The van der Waals surface area contributed by atoms with Crippen molar-refractivity contribution in [1.82, 2.24) is 15.5 Å². The van der Waals surface area contributed by atoms with Crippen LogP contribution in [0.15, 0.2) is 16.8 Å². The van der Waals surface area contributed by atoms with Crippen molar-refractivity contribution in [3.8, 4) is 0 Å². The minimum atomic E-state index is 0. The zero-order valence-corrected chi connectivity index (χ0v) is 17.1. The summed E-state index contributed by atoms with van der Waals surface area (Å²) in [4.78, 5) is 26.6. The molecule has 2 heterocycles. The van der Waals surface area contributed by atoms with Gasteiger partial charge in [-0.2, -0.15) is 11.3 Å². The van der Waals surface area contributed by atoms with Gasteiger partial charge >= 0.3 is 0 Å². The molecule has 1 unspecified atom stereocenters. The quantitative estimate of drug-likeness (QED) is 0.706. The van der Waals surface area contributed by atoms with Crippen LogP contribution in [-0.2, 0) is 16.1 Å². The molecule has 2 amide bonds. The van der Waals surface area contributed by atoms with E-state index < -0.39 is 0 Å². The summed E-state index contributed by atoms with van der Waals surface area (Å²) in [5.74, 6) is 0.247. The van der Waals surface area contributed by atoms with E-state index in [1.165, 1.54) is 18.4 Å². The van der Waals surface area contributed by atoms with Crippen LogP contribution in [0.25, 0.3) is 0 Å². The van der Waals surface area contributed by atoms with Gasteiger partial charge in [0.2, 0.25) is 11.8 Å². The van der Waals surface area contributed by atoms with Crippen LogP contribution in [0.2, 0.25) is 0 Å². The predicted molar refractivity (Wildman–Crippen MR) is 108 cm³/mol. The molecule has 1 aliphatic heterocycles. The molecule has 0 aromatic carbocycles. The van der Waals surface area contributed by atoms with Crippen molar-refractivity contribution in [1.29, 1.82) is 0 Å². The van der Waals surface area contributed by atoms with E-state index in [2.05, 4.69) is 32.4 Å². The maximum Gasteiger partial charge on any atom is 0.223 e. The van der Waals surface area contributed by atoms with Gasteiger partial charge in [-0.15, -0.1) is 12.4 Å². The maximum absolute atomic E-state index is 12.9. The number of amides is 2. The average molecular weight is 400 g/mol. The van der Waals surface area contributed by atoms with Gasteiger partial charge in [-0.25, -0.2) is 0 Å². The first-order valence-corrected chi connectivity index (χ1v) is 10.4. The maximum atomic E-state index is 12.9. The summed E-state index contributed by atoms with van der Waals surface area (Å²) in [7, 11) is 0. The molecule has 1 aliphatic carbocycles. The van der Waals surface area contributed by atoms with E-state index in [1.807, 2.05) is 6.92 Å². The molecule has 1 saturated carbocycles. The van der Waals surface area contributed by atoms with Crippen molar-refractivity contribution in [3.05, 3.63) is 22.4 Å². The van der Waals surface area contributed by atoms with E-state index in [0.717, 1.165) is 19.5 Å². The molecule has 7 heteroatoms. The van der Waals surface area contributed by atoms with Gasteiger partial charge in [0.1, 0.15) is 0 Å². The number of hydrogen-bond acceptors (Lipinski definition) is 4. The Morgan fingerprint density at radius 2 is 2.12 bits per heavy atom. The molecular weight excluding hydrogens is 370 g/mol. The van der Waals surface area contributed by atoms with Crippen molar-refractivity contribution in [2.75, 3.05) is 19.6 Å². The topological polar surface area (TPSA) is 61.4 Å². The molecular formula is C19H30ClN3O2S. The average Bonchev–Trinajstić information content (AvgIpc) is 3.04. The van der Waals surface area contributed by atoms with Crippen molar-refractivity contribution in [2.45, 2.75) is 58.0 Å². The normalized spacial score (nSPS) is 20.3. The highest BCUT2D eigenvalue weighted by atomic mass is 35.5. The third-order valence-electron chi connectivity index (χ3n) is 5.54. The fraction of sp³-hybridized carbons (Fsp3) is 0.684. The lowest BCUT2D eigenvalue weighted by Crippen LogP contribution is -2.39. The summed E-state index contributed by atoms with van der Waals surface area (Å²) < 4.78 is 0. The van der Waals surface area contributed by atoms with Crippen LogP contribution in [0.3, 0.4) is 0 Å². The number of carbonyl (C=O) groups excluding carboxylic acids is 2. The Morgan fingerprint density at radius 1 is 1.35 bits per heavy atom. The van der Waals surface area contributed by atoms with Crippen LogP contribution in [0, 0.1) is 5.41 Å². The molecule has 1 atom stereocenters. The van der Waals surface area contributed by atoms with Crippen LogP contribution in [0.5, 0.6) is 0 Å². The molecule has 5 nitrogen and oxygen atoms in total. The zero-order valence-electron chi connectivity index (χ0n) is 15.5. The van der Waals surface area contributed by atoms with E-state index in [1.54, 1.807) is 11.3 Å². The largest absolute Gasteiger partial charge is 0.356 e. The van der Waals surface area contributed by atoms with Gasteiger partial charge in [0.25, 0.3) is 0 Å². The number of nitrogens with zero attached hydrogens (tertiary/aromatic N) is 1. The lowest BCUT2D eigenvalue weighted by atomic mass is 9.93. The molecule has 26 heavy (non-hydrogen) atoms. The van der Waals surface area contributed by atoms with Gasteiger partial charge in [0.05, 0.1) is 0 Å². The second-order valence-electron chi connectivity index (χ2n) is 7.29. The van der Waals surface area contributed by atoms with Crippen LogP contribution in [0.1, 0.15) is 51.0 Å². The fourth-order valence-corrected chi connectivity index (χ4v) is 4.67. The Balaban J connectivity index is 0.00000243. The van der Waals surface area contributed by atoms with E-state index in [-0.39, 0.29) is 24.2 Å². The first-order chi connectivity index (χ1) is 12.1. The van der Waals surface area contributed by atoms with Gasteiger partial charge in [-0.1, -0.05) is 0 Å². The number of nitrogens with one attached hydrogen (secondary N) is 2. The minimum absolute atomic E-state index is 0. The van der Waals surface area contributed by atoms with Gasteiger partial charge in [0, 0.05) is 32.0 Å². The first kappa shape index (κ1) is 21.2. The van der Waals surface area contributed by atoms with Crippen LogP contribution in [0.4, 0.5) is 0 Å². The Hall–Kier alpha value is -1.11. The van der Waals surface area contributed by atoms with E-state index in [0.29, 0.717) is 43.8 Å². The number of rotatable bonds is 8. The van der Waals surface area contributed by atoms with Gasteiger partial charge in [-0.3, -0.25) is 9.59 Å². The smallest absolute Gasteiger partial charge is 0.223 e. The molecule has 1 aromatic heterocycles. The summed E-state index contributed by atoms with van der Waals surface area (Å²) in [6, 6.07) is 2.49. The summed E-state index contributed by atoms with van der Waals surface area (Å²) in [5.41, 5.74) is 1.56. The number of thiophene rings is 1. The Bertz CT molecular complexity index is 588. The summed E-state index contributed by atoms with van der Waals surface area (Å²) in [6.45, 7) is 5.40. The van der Waals surface area contributed by atoms with Crippen LogP contribution < -0.4 is 10.6 Å². The summed E-state index contributed by atoms with van der Waals surface area (Å²) in [5, 5.41) is 10.4. The number of carbonyl (C=O) groups is 2. The van der Waals surface area contributed by atoms with Gasteiger partial charge in [0.15, 0.2) is 0 Å². The second kappa shape index (κ2) is 9.72. The Kier molecular flexibility index (Phi) is 7.92. The summed E-state index contributed by atoms with van der Waals surface area (Å²) >= 11 is 1.68. The van der Waals surface area contributed by atoms with Crippen molar-refractivity contribution in [2.24, 2.45) is 5.41 Å². The lowest BCUT2D eigenvalue weighted by Gasteiger charge is -2.29. The van der Waals surface area contributed by atoms with Crippen molar-refractivity contribution in [3.63, 3.8) is 0 Å². The monoisotopic (exact) mass is 399 g/mol. The molecule has 1 spiro atoms. The summed E-state index contributed by atoms with van der Waals surface area (Å²) in [6.07, 6.45) is 5.01. The number of hydrogen-bond donors (Lipinski definition) is 2. The highest BCUT2D eigenvalue weighted by Crippen LogP contribution is 2.56. The third-order valence-corrected chi connectivity index (χ3v) is 6.28. The molecule has 146 valence electrons. The lowest BCUT2D eigenvalue weighted by molar-refractivity contribution is -0.133. The molecule has 0 radical (unpaired) electrons. The Morgan fingerprint density at radius 3 is 2.77 bits per heavy atom. The molecule has 2 fully saturated rings. The van der Waals surface area contributed by atoms with E-state index in [4.69, 9.17) is 0 Å². The molecule has 3 rings (SSSR count). The van der Waals surface area contributed by atoms with Gasteiger partial charge in [-0.05, 0) is 73.5 Å². The van der Waals surface area contributed by atoms with Crippen molar-refractivity contribution >= 4 is 35.6 Å². The SMILES string of the molecule is CCNC(=O)CCCC(=O)N(Cc1ccsc1)C1CC12CCNCC2.Cl. The first-order valence-electron chi connectivity index (χ1n) is 9.42. The standard InChI is InChI=1S/C19H29N3O2S.ClH/c1-2-21-17(23)4-3-5-18(24)22(13-15-6-11-25-14-15)16-12-19(16)7-9-20-10-8-19;/h6,11,14,16,20H,2-5,7-10,12-13H2,1H3,(H,21,23);1H. The highest BCUT2D eigenvalue weighted by Gasteiger charge is 2.57. The molecule has 2 aliphatic rings.